The molecule has 0 fully saturated rings. The van der Waals surface area contributed by atoms with Crippen LogP contribution in [0.5, 0.6) is 0 Å². The van der Waals surface area contributed by atoms with E-state index in [4.69, 9.17) is 11.6 Å². The predicted molar refractivity (Wildman–Crippen MR) is 69.3 cm³/mol. The van der Waals surface area contributed by atoms with Crippen molar-refractivity contribution in [2.24, 2.45) is 0 Å². The normalized spacial score (nSPS) is 10.9. The van der Waals surface area contributed by atoms with E-state index in [1.165, 1.54) is 0 Å². The lowest BCUT2D eigenvalue weighted by molar-refractivity contribution is 0.657. The molecule has 0 aliphatic carbocycles. The summed E-state index contributed by atoms with van der Waals surface area (Å²) in [5, 5.41) is 0.559. The molecule has 0 spiro atoms. The van der Waals surface area contributed by atoms with Crippen molar-refractivity contribution >= 4 is 17.4 Å². The maximum Gasteiger partial charge on any atom is 0.137 e. The zero-order chi connectivity index (χ0) is 12.3. The molecule has 0 aliphatic heterocycles. The molecule has 0 aliphatic rings. The van der Waals surface area contributed by atoms with Gasteiger partial charge in [0, 0.05) is 18.2 Å². The molecule has 0 N–H and O–H groups in total. The van der Waals surface area contributed by atoms with Crippen molar-refractivity contribution in [3.05, 3.63) is 16.5 Å². The first-order valence-electron chi connectivity index (χ1n) is 5.74. The molecule has 1 rings (SSSR count). The Hall–Kier alpha value is -0.830. The molecule has 1 aromatic rings. The Morgan fingerprint density at radius 3 is 2.38 bits per heavy atom. The maximum atomic E-state index is 6.09. The van der Waals surface area contributed by atoms with E-state index in [2.05, 4.69) is 35.6 Å². The van der Waals surface area contributed by atoms with Gasteiger partial charge in [-0.3, -0.25) is 0 Å². The van der Waals surface area contributed by atoms with Crippen LogP contribution >= 0.6 is 11.6 Å². The summed E-state index contributed by atoms with van der Waals surface area (Å²) in [6.07, 6.45) is 1.10. The topological polar surface area (TPSA) is 29.0 Å². The predicted octanol–water partition coefficient (Wildman–Crippen LogP) is 3.37. The Bertz CT molecular complexity index is 364. The third kappa shape index (κ3) is 2.85. The molecule has 0 saturated carbocycles. The van der Waals surface area contributed by atoms with Crippen LogP contribution < -0.4 is 4.90 Å². The lowest BCUT2D eigenvalue weighted by Gasteiger charge is -2.29. The van der Waals surface area contributed by atoms with Crippen LogP contribution in [0.3, 0.4) is 0 Å². The second kappa shape index (κ2) is 5.48. The summed E-state index contributed by atoms with van der Waals surface area (Å²) in [4.78, 5) is 10.9. The fourth-order valence-corrected chi connectivity index (χ4v) is 1.92. The summed E-state index contributed by atoms with van der Waals surface area (Å²) >= 11 is 6.09. The van der Waals surface area contributed by atoms with E-state index in [0.717, 1.165) is 30.2 Å². The SMILES string of the molecule is CCCN(c1nc(C)nc(Cl)c1C)C(C)C. The highest BCUT2D eigenvalue weighted by molar-refractivity contribution is 6.30. The molecule has 1 heterocycles. The van der Waals surface area contributed by atoms with Gasteiger partial charge in [0.2, 0.25) is 0 Å². The van der Waals surface area contributed by atoms with Gasteiger partial charge in [0.05, 0.1) is 0 Å². The summed E-state index contributed by atoms with van der Waals surface area (Å²) in [5.41, 5.74) is 0.967. The number of anilines is 1. The molecule has 16 heavy (non-hydrogen) atoms. The minimum absolute atomic E-state index is 0.420. The zero-order valence-electron chi connectivity index (χ0n) is 10.7. The first-order valence-corrected chi connectivity index (χ1v) is 6.12. The second-order valence-electron chi connectivity index (χ2n) is 4.30. The quantitative estimate of drug-likeness (QED) is 0.757. The van der Waals surface area contributed by atoms with E-state index in [0.29, 0.717) is 11.2 Å². The minimum Gasteiger partial charge on any atom is -0.354 e. The lowest BCUT2D eigenvalue weighted by atomic mass is 10.2. The summed E-state index contributed by atoms with van der Waals surface area (Å²) in [6, 6.07) is 0.420. The van der Waals surface area contributed by atoms with Crippen molar-refractivity contribution in [1.29, 1.82) is 0 Å². The molecule has 0 aromatic carbocycles. The smallest absolute Gasteiger partial charge is 0.137 e. The first-order chi connectivity index (χ1) is 7.47. The highest BCUT2D eigenvalue weighted by Crippen LogP contribution is 2.24. The highest BCUT2D eigenvalue weighted by Gasteiger charge is 2.16. The molecule has 0 atom stereocenters. The van der Waals surface area contributed by atoms with Gasteiger partial charge in [-0.25, -0.2) is 9.97 Å². The van der Waals surface area contributed by atoms with Gasteiger partial charge in [-0.05, 0) is 34.1 Å². The fraction of sp³-hybridized carbons (Fsp3) is 0.667. The Morgan fingerprint density at radius 1 is 1.25 bits per heavy atom. The number of halogens is 1. The summed E-state index contributed by atoms with van der Waals surface area (Å²) in [5.74, 6) is 1.70. The maximum absolute atomic E-state index is 6.09. The van der Waals surface area contributed by atoms with Gasteiger partial charge in [-0.15, -0.1) is 0 Å². The van der Waals surface area contributed by atoms with Gasteiger partial charge in [0.25, 0.3) is 0 Å². The molecule has 0 bridgehead atoms. The van der Waals surface area contributed by atoms with E-state index in [-0.39, 0.29) is 0 Å². The van der Waals surface area contributed by atoms with Crippen molar-refractivity contribution in [2.45, 2.75) is 47.1 Å². The number of aryl methyl sites for hydroxylation is 1. The van der Waals surface area contributed by atoms with Crippen molar-refractivity contribution in [1.82, 2.24) is 9.97 Å². The highest BCUT2D eigenvalue weighted by atomic mass is 35.5. The minimum atomic E-state index is 0.420. The molecule has 0 amide bonds. The van der Waals surface area contributed by atoms with Crippen LogP contribution in [-0.4, -0.2) is 22.6 Å². The van der Waals surface area contributed by atoms with Crippen LogP contribution in [0, 0.1) is 13.8 Å². The van der Waals surface area contributed by atoms with E-state index >= 15 is 0 Å². The van der Waals surface area contributed by atoms with Gasteiger partial charge in [-0.1, -0.05) is 18.5 Å². The molecule has 0 radical (unpaired) electrons. The van der Waals surface area contributed by atoms with Crippen molar-refractivity contribution in [2.75, 3.05) is 11.4 Å². The number of hydrogen-bond donors (Lipinski definition) is 0. The summed E-state index contributed by atoms with van der Waals surface area (Å²) in [7, 11) is 0. The van der Waals surface area contributed by atoms with E-state index in [1.54, 1.807) is 0 Å². The molecule has 4 heteroatoms. The first kappa shape index (κ1) is 13.2. The summed E-state index contributed by atoms with van der Waals surface area (Å²) in [6.45, 7) is 11.3. The number of hydrogen-bond acceptors (Lipinski definition) is 3. The van der Waals surface area contributed by atoms with Crippen molar-refractivity contribution in [3.63, 3.8) is 0 Å². The molecule has 0 saturated heterocycles. The molecular weight excluding hydrogens is 222 g/mol. The largest absolute Gasteiger partial charge is 0.354 e. The summed E-state index contributed by atoms with van der Waals surface area (Å²) < 4.78 is 0. The third-order valence-electron chi connectivity index (χ3n) is 2.53. The third-order valence-corrected chi connectivity index (χ3v) is 2.90. The van der Waals surface area contributed by atoms with Crippen LogP contribution in [0.1, 0.15) is 38.6 Å². The van der Waals surface area contributed by atoms with Crippen LogP contribution in [0.25, 0.3) is 0 Å². The monoisotopic (exact) mass is 241 g/mol. The molecule has 1 aromatic heterocycles. The number of nitrogens with zero attached hydrogens (tertiary/aromatic N) is 3. The standard InChI is InChI=1S/C12H20ClN3/c1-6-7-16(8(2)3)12-9(4)11(13)14-10(5)15-12/h8H,6-7H2,1-5H3. The Balaban J connectivity index is 3.17. The van der Waals surface area contributed by atoms with E-state index in [1.807, 2.05) is 13.8 Å². The van der Waals surface area contributed by atoms with Gasteiger partial charge in [0.15, 0.2) is 0 Å². The Morgan fingerprint density at radius 2 is 1.88 bits per heavy atom. The van der Waals surface area contributed by atoms with E-state index < -0.39 is 0 Å². The Kier molecular flexibility index (Phi) is 4.54. The van der Waals surface area contributed by atoms with Crippen LogP contribution in [0.15, 0.2) is 0 Å². The molecular formula is C12H20ClN3. The van der Waals surface area contributed by atoms with Gasteiger partial charge in [-0.2, -0.15) is 0 Å². The fourth-order valence-electron chi connectivity index (χ4n) is 1.71. The average molecular weight is 242 g/mol. The van der Waals surface area contributed by atoms with Crippen LogP contribution in [0.4, 0.5) is 5.82 Å². The van der Waals surface area contributed by atoms with Crippen molar-refractivity contribution in [3.8, 4) is 0 Å². The average Bonchev–Trinajstić information content (AvgIpc) is 2.20. The Labute approximate surface area is 103 Å². The van der Waals surface area contributed by atoms with Crippen LogP contribution in [-0.2, 0) is 0 Å². The second-order valence-corrected chi connectivity index (χ2v) is 4.66. The number of rotatable bonds is 4. The number of aromatic nitrogens is 2. The molecule has 0 unspecified atom stereocenters. The zero-order valence-corrected chi connectivity index (χ0v) is 11.5. The van der Waals surface area contributed by atoms with Gasteiger partial charge in [0.1, 0.15) is 16.8 Å². The van der Waals surface area contributed by atoms with Crippen molar-refractivity contribution < 1.29 is 0 Å². The lowest BCUT2D eigenvalue weighted by Crippen LogP contribution is -2.33. The molecule has 90 valence electrons. The van der Waals surface area contributed by atoms with Crippen LogP contribution in [0.2, 0.25) is 5.15 Å². The van der Waals surface area contributed by atoms with Gasteiger partial charge >= 0.3 is 0 Å². The van der Waals surface area contributed by atoms with Gasteiger partial charge < -0.3 is 4.90 Å². The van der Waals surface area contributed by atoms with E-state index in [9.17, 15) is 0 Å². The molecule has 3 nitrogen and oxygen atoms in total.